The van der Waals surface area contributed by atoms with Gasteiger partial charge >= 0.3 is 6.18 Å². The minimum absolute atomic E-state index is 0.0542. The molecule has 182 valence electrons. The largest absolute Gasteiger partial charge is 0.420 e. The number of anilines is 1. The second-order valence-electron chi connectivity index (χ2n) is 7.77. The van der Waals surface area contributed by atoms with Crippen molar-refractivity contribution in [1.29, 1.82) is 0 Å². The average Bonchev–Trinajstić information content (AvgIpc) is 3.22. The van der Waals surface area contributed by atoms with Crippen LogP contribution in [0, 0.1) is 5.82 Å². The summed E-state index contributed by atoms with van der Waals surface area (Å²) in [6.07, 6.45) is 0.256. The molecule has 1 N–H and O–H groups in total. The zero-order valence-corrected chi connectivity index (χ0v) is 19.3. The van der Waals surface area contributed by atoms with Crippen LogP contribution in [0.1, 0.15) is 18.4 Å². The van der Waals surface area contributed by atoms with Crippen molar-refractivity contribution in [1.82, 2.24) is 23.8 Å². The lowest BCUT2D eigenvalue weighted by Gasteiger charge is -2.30. The third kappa shape index (κ3) is 5.15. The van der Waals surface area contributed by atoms with Crippen LogP contribution in [-0.4, -0.2) is 57.6 Å². The van der Waals surface area contributed by atoms with Crippen molar-refractivity contribution in [3.63, 3.8) is 0 Å². The number of rotatable bonds is 5. The number of sulfonamides is 1. The molecule has 4 rings (SSSR count). The van der Waals surface area contributed by atoms with Crippen molar-refractivity contribution in [3.8, 4) is 17.1 Å². The van der Waals surface area contributed by atoms with E-state index in [1.54, 1.807) is 0 Å². The Morgan fingerprint density at radius 2 is 1.88 bits per heavy atom. The fourth-order valence-corrected chi connectivity index (χ4v) is 4.81. The summed E-state index contributed by atoms with van der Waals surface area (Å²) in [7, 11) is -3.31. The Kier molecular flexibility index (Phi) is 6.53. The molecule has 1 aliphatic rings. The van der Waals surface area contributed by atoms with Gasteiger partial charge in [0.05, 0.1) is 11.3 Å². The maximum absolute atomic E-state index is 14.3. The number of hydrogen-bond donors (Lipinski definition) is 1. The highest BCUT2D eigenvalue weighted by Crippen LogP contribution is 2.36. The van der Waals surface area contributed by atoms with Crippen LogP contribution in [-0.2, 0) is 16.2 Å². The number of piperidine rings is 1. The number of alkyl halides is 3. The normalized spacial score (nSPS) is 16.1. The molecule has 2 aromatic heterocycles. The molecular formula is C20H19ClF4N6O2S. The maximum Gasteiger partial charge on any atom is 0.420 e. The fraction of sp³-hybridized carbons (Fsp3) is 0.350. The monoisotopic (exact) mass is 518 g/mol. The molecule has 8 nitrogen and oxygen atoms in total. The molecule has 1 fully saturated rings. The van der Waals surface area contributed by atoms with Crippen LogP contribution in [0.3, 0.4) is 0 Å². The topological polar surface area (TPSA) is 93.0 Å². The van der Waals surface area contributed by atoms with Gasteiger partial charge in [0.1, 0.15) is 34.8 Å². The van der Waals surface area contributed by atoms with Gasteiger partial charge in [-0.05, 0) is 25.0 Å². The van der Waals surface area contributed by atoms with Crippen LogP contribution in [0.4, 0.5) is 23.5 Å². The van der Waals surface area contributed by atoms with E-state index in [9.17, 15) is 26.0 Å². The first-order chi connectivity index (χ1) is 15.9. The van der Waals surface area contributed by atoms with Gasteiger partial charge < -0.3 is 9.88 Å². The summed E-state index contributed by atoms with van der Waals surface area (Å²) < 4.78 is 81.1. The summed E-state index contributed by atoms with van der Waals surface area (Å²) in [5.41, 5.74) is -1.79. The minimum atomic E-state index is -4.76. The Labute approximate surface area is 197 Å². The minimum Gasteiger partial charge on any atom is -0.351 e. The van der Waals surface area contributed by atoms with E-state index in [0.717, 1.165) is 12.6 Å². The Morgan fingerprint density at radius 3 is 2.50 bits per heavy atom. The fourth-order valence-electron chi connectivity index (χ4n) is 3.67. The summed E-state index contributed by atoms with van der Waals surface area (Å²) in [6, 6.07) is 3.80. The summed E-state index contributed by atoms with van der Waals surface area (Å²) in [5.74, 6) is -0.725. The van der Waals surface area contributed by atoms with Gasteiger partial charge in [0, 0.05) is 31.5 Å². The molecule has 14 heteroatoms. The number of para-hydroxylation sites is 1. The van der Waals surface area contributed by atoms with E-state index in [0.29, 0.717) is 19.0 Å². The van der Waals surface area contributed by atoms with Crippen molar-refractivity contribution in [3.05, 3.63) is 53.3 Å². The first-order valence-electron chi connectivity index (χ1n) is 10.1. The Bertz CT molecular complexity index is 1290. The number of halogens is 5. The van der Waals surface area contributed by atoms with E-state index < -0.39 is 33.3 Å². The molecule has 3 heterocycles. The molecule has 0 saturated carbocycles. The summed E-state index contributed by atoms with van der Waals surface area (Å²) in [4.78, 5) is 11.8. The predicted molar refractivity (Wildman–Crippen MR) is 118 cm³/mol. The summed E-state index contributed by atoms with van der Waals surface area (Å²) >= 11 is 6.05. The number of nitrogens with zero attached hydrogens (tertiary/aromatic N) is 5. The van der Waals surface area contributed by atoms with Crippen LogP contribution in [0.25, 0.3) is 17.1 Å². The van der Waals surface area contributed by atoms with Gasteiger partial charge in [-0.2, -0.15) is 13.2 Å². The number of imidazole rings is 1. The van der Waals surface area contributed by atoms with Gasteiger partial charge in [0.25, 0.3) is 0 Å². The first-order valence-corrected chi connectivity index (χ1v) is 12.3. The molecule has 0 radical (unpaired) electrons. The van der Waals surface area contributed by atoms with Crippen LogP contribution in [0.5, 0.6) is 0 Å². The smallest absolute Gasteiger partial charge is 0.351 e. The molecule has 1 saturated heterocycles. The quantitative estimate of drug-likeness (QED) is 0.514. The third-order valence-corrected chi connectivity index (χ3v) is 6.98. The van der Waals surface area contributed by atoms with Gasteiger partial charge in [-0.1, -0.05) is 17.7 Å². The molecule has 0 amide bonds. The van der Waals surface area contributed by atoms with Gasteiger partial charge in [-0.3, -0.25) is 0 Å². The summed E-state index contributed by atoms with van der Waals surface area (Å²) in [6.45, 7) is 0.551. The zero-order valence-electron chi connectivity index (χ0n) is 17.7. The van der Waals surface area contributed by atoms with Gasteiger partial charge in [0.2, 0.25) is 16.0 Å². The Balaban J connectivity index is 1.64. The van der Waals surface area contributed by atoms with Gasteiger partial charge in [0.15, 0.2) is 0 Å². The average molecular weight is 519 g/mol. The Hall–Kier alpha value is -2.77. The molecule has 0 unspecified atom stereocenters. The van der Waals surface area contributed by atoms with Crippen molar-refractivity contribution >= 4 is 27.6 Å². The highest BCUT2D eigenvalue weighted by atomic mass is 35.5. The van der Waals surface area contributed by atoms with E-state index in [1.165, 1.54) is 33.3 Å². The Morgan fingerprint density at radius 1 is 1.18 bits per heavy atom. The predicted octanol–water partition coefficient (Wildman–Crippen LogP) is 3.98. The van der Waals surface area contributed by atoms with Crippen LogP contribution < -0.4 is 5.32 Å². The summed E-state index contributed by atoms with van der Waals surface area (Å²) in [5, 5.41) is 3.03. The second kappa shape index (κ2) is 9.12. The van der Waals surface area contributed by atoms with Crippen LogP contribution in [0.2, 0.25) is 5.02 Å². The zero-order chi connectivity index (χ0) is 24.7. The van der Waals surface area contributed by atoms with E-state index in [2.05, 4.69) is 20.3 Å². The van der Waals surface area contributed by atoms with Crippen molar-refractivity contribution in [2.75, 3.05) is 24.7 Å². The van der Waals surface area contributed by atoms with Crippen molar-refractivity contribution in [2.45, 2.75) is 25.1 Å². The SMILES string of the molecule is CS(=O)(=O)N1CCC(Nc2ncc(C(F)(F)F)c(-c3cn(-c4c(F)cccc4Cl)cn3)n2)CC1. The third-order valence-electron chi connectivity index (χ3n) is 5.37. The van der Waals surface area contributed by atoms with E-state index in [-0.39, 0.29) is 41.5 Å². The molecule has 0 spiro atoms. The molecule has 34 heavy (non-hydrogen) atoms. The number of nitrogens with one attached hydrogen (secondary N) is 1. The lowest BCUT2D eigenvalue weighted by molar-refractivity contribution is -0.137. The molecule has 0 aliphatic carbocycles. The van der Waals surface area contributed by atoms with Crippen LogP contribution in [0.15, 0.2) is 36.9 Å². The van der Waals surface area contributed by atoms with Gasteiger partial charge in [-0.25, -0.2) is 32.1 Å². The number of aromatic nitrogens is 4. The van der Waals surface area contributed by atoms with E-state index in [1.807, 2.05) is 0 Å². The number of hydrogen-bond acceptors (Lipinski definition) is 6. The highest BCUT2D eigenvalue weighted by Gasteiger charge is 2.36. The molecule has 0 bridgehead atoms. The van der Waals surface area contributed by atoms with E-state index >= 15 is 0 Å². The molecule has 3 aromatic rings. The molecule has 1 aromatic carbocycles. The standard InChI is InChI=1S/C20H19ClF4N6O2S/c1-34(32,33)31-7-5-12(6-8-31)28-19-26-9-13(20(23,24)25)17(29-19)16-10-30(11-27-16)18-14(21)3-2-4-15(18)22/h2-4,9-12H,5-8H2,1H3,(H,26,28,29). The second-order valence-corrected chi connectivity index (χ2v) is 10.2. The lowest BCUT2D eigenvalue weighted by Crippen LogP contribution is -2.42. The number of benzene rings is 1. The lowest BCUT2D eigenvalue weighted by atomic mass is 10.1. The molecule has 1 aliphatic heterocycles. The molecular weight excluding hydrogens is 500 g/mol. The van der Waals surface area contributed by atoms with E-state index in [4.69, 9.17) is 11.6 Å². The van der Waals surface area contributed by atoms with Crippen LogP contribution >= 0.6 is 11.6 Å². The molecule has 0 atom stereocenters. The van der Waals surface area contributed by atoms with Gasteiger partial charge in [-0.15, -0.1) is 0 Å². The first kappa shape index (κ1) is 24.4. The van der Waals surface area contributed by atoms with Crippen molar-refractivity contribution < 1.29 is 26.0 Å². The maximum atomic E-state index is 14.3. The van der Waals surface area contributed by atoms with Crippen molar-refractivity contribution in [2.24, 2.45) is 0 Å². The highest BCUT2D eigenvalue weighted by molar-refractivity contribution is 7.88.